The third kappa shape index (κ3) is 4.89. The van der Waals surface area contributed by atoms with Gasteiger partial charge in [-0.05, 0) is 39.5 Å². The van der Waals surface area contributed by atoms with E-state index in [0.29, 0.717) is 0 Å². The topological polar surface area (TPSA) is 35.1 Å². The van der Waals surface area contributed by atoms with Gasteiger partial charge < -0.3 is 4.55 Å². The maximum absolute atomic E-state index is 11.5. The van der Waals surface area contributed by atoms with Crippen molar-refractivity contribution in [2.24, 2.45) is 5.92 Å². The Morgan fingerprint density at radius 1 is 1.38 bits per heavy atom. The molecule has 0 radical (unpaired) electrons. The second-order valence-electron chi connectivity index (χ2n) is 4.86. The smallest absolute Gasteiger partial charge is 0.136 e. The van der Waals surface area contributed by atoms with Crippen molar-refractivity contribution in [1.29, 1.82) is 0 Å². The average molecular weight is 203 g/mol. The number of hydrogen-bond donors (Lipinski definition) is 1. The molecule has 0 aliphatic heterocycles. The summed E-state index contributed by atoms with van der Waals surface area (Å²) < 4.78 is 14.5. The SMILES string of the molecule is CC(C)(C)[S@@+]([O-])NCCCC1CC1. The third-order valence-electron chi connectivity index (χ3n) is 2.28. The van der Waals surface area contributed by atoms with Crippen molar-refractivity contribution in [3.63, 3.8) is 0 Å². The molecule has 0 aromatic carbocycles. The Labute approximate surface area is 84.8 Å². The Bertz CT molecular complexity index is 151. The molecule has 78 valence electrons. The minimum Gasteiger partial charge on any atom is -0.598 e. The minimum absolute atomic E-state index is 0.125. The highest BCUT2D eigenvalue weighted by molar-refractivity contribution is 7.90. The van der Waals surface area contributed by atoms with Crippen LogP contribution in [0.25, 0.3) is 0 Å². The Balaban J connectivity index is 1.97. The van der Waals surface area contributed by atoms with Crippen LogP contribution in [0.4, 0.5) is 0 Å². The highest BCUT2D eigenvalue weighted by Crippen LogP contribution is 2.33. The van der Waals surface area contributed by atoms with Gasteiger partial charge in [0.2, 0.25) is 0 Å². The molecule has 1 atom stereocenters. The summed E-state index contributed by atoms with van der Waals surface area (Å²) in [7, 11) is 0. The van der Waals surface area contributed by atoms with Gasteiger partial charge in [0, 0.05) is 17.9 Å². The van der Waals surface area contributed by atoms with Gasteiger partial charge in [-0.3, -0.25) is 0 Å². The molecule has 0 amide bonds. The molecule has 1 saturated carbocycles. The molecule has 1 fully saturated rings. The molecule has 0 aromatic rings. The lowest BCUT2D eigenvalue weighted by Crippen LogP contribution is -2.39. The van der Waals surface area contributed by atoms with Crippen molar-refractivity contribution < 1.29 is 4.55 Å². The van der Waals surface area contributed by atoms with Crippen molar-refractivity contribution in [2.75, 3.05) is 6.54 Å². The second kappa shape index (κ2) is 4.67. The Hall–Kier alpha value is 0.270. The zero-order chi connectivity index (χ0) is 9.90. The van der Waals surface area contributed by atoms with Crippen LogP contribution in [-0.4, -0.2) is 15.8 Å². The van der Waals surface area contributed by atoms with E-state index >= 15 is 0 Å². The van der Waals surface area contributed by atoms with Crippen LogP contribution in [0, 0.1) is 5.92 Å². The van der Waals surface area contributed by atoms with Gasteiger partial charge in [-0.2, -0.15) is 0 Å². The predicted octanol–water partition coefficient (Wildman–Crippen LogP) is 2.23. The van der Waals surface area contributed by atoms with E-state index in [1.165, 1.54) is 25.7 Å². The Kier molecular flexibility index (Phi) is 4.07. The van der Waals surface area contributed by atoms with Gasteiger partial charge >= 0.3 is 0 Å². The highest BCUT2D eigenvalue weighted by atomic mass is 32.2. The van der Waals surface area contributed by atoms with Crippen LogP contribution in [0.3, 0.4) is 0 Å². The van der Waals surface area contributed by atoms with Crippen LogP contribution in [0.5, 0.6) is 0 Å². The van der Waals surface area contributed by atoms with E-state index in [0.717, 1.165) is 12.5 Å². The summed E-state index contributed by atoms with van der Waals surface area (Å²) in [6.07, 6.45) is 5.32. The highest BCUT2D eigenvalue weighted by Gasteiger charge is 2.26. The fourth-order valence-electron chi connectivity index (χ4n) is 1.18. The maximum atomic E-state index is 11.5. The van der Waals surface area contributed by atoms with Crippen molar-refractivity contribution in [1.82, 2.24) is 4.72 Å². The number of nitrogens with one attached hydrogen (secondary N) is 1. The van der Waals surface area contributed by atoms with E-state index in [9.17, 15) is 4.55 Å². The number of hydrogen-bond acceptors (Lipinski definition) is 2. The van der Waals surface area contributed by atoms with E-state index in [4.69, 9.17) is 0 Å². The molecular weight excluding hydrogens is 182 g/mol. The first kappa shape index (κ1) is 11.3. The molecule has 1 aliphatic carbocycles. The monoisotopic (exact) mass is 203 g/mol. The quantitative estimate of drug-likeness (QED) is 0.549. The largest absolute Gasteiger partial charge is 0.598 e. The molecule has 0 unspecified atom stereocenters. The molecule has 0 bridgehead atoms. The molecule has 0 heterocycles. The Morgan fingerprint density at radius 3 is 2.46 bits per heavy atom. The molecule has 0 saturated heterocycles. The molecule has 0 spiro atoms. The van der Waals surface area contributed by atoms with Crippen molar-refractivity contribution in [3.8, 4) is 0 Å². The van der Waals surface area contributed by atoms with E-state index in [1.807, 2.05) is 20.8 Å². The van der Waals surface area contributed by atoms with Gasteiger partial charge in [0.05, 0.1) is 0 Å². The molecule has 1 aliphatic rings. The third-order valence-corrected chi connectivity index (χ3v) is 3.85. The van der Waals surface area contributed by atoms with Crippen LogP contribution in [-0.2, 0) is 11.4 Å². The maximum Gasteiger partial charge on any atom is 0.136 e. The zero-order valence-electron chi connectivity index (χ0n) is 8.93. The molecular formula is C10H21NOS. The summed E-state index contributed by atoms with van der Waals surface area (Å²) in [5, 5.41) is 0. The van der Waals surface area contributed by atoms with Crippen LogP contribution < -0.4 is 4.72 Å². The normalized spacial score (nSPS) is 20.3. The first-order valence-electron chi connectivity index (χ1n) is 5.15. The average Bonchev–Trinajstić information content (AvgIpc) is 2.79. The van der Waals surface area contributed by atoms with Crippen LogP contribution in [0.1, 0.15) is 46.5 Å². The second-order valence-corrected chi connectivity index (χ2v) is 6.91. The van der Waals surface area contributed by atoms with Crippen molar-refractivity contribution >= 4 is 11.4 Å². The van der Waals surface area contributed by atoms with Gasteiger partial charge in [-0.25, -0.2) is 0 Å². The van der Waals surface area contributed by atoms with E-state index in [-0.39, 0.29) is 4.75 Å². The van der Waals surface area contributed by atoms with Crippen LogP contribution in [0.15, 0.2) is 0 Å². The lowest BCUT2D eigenvalue weighted by molar-refractivity contribution is 0.538. The summed E-state index contributed by atoms with van der Waals surface area (Å²) in [6.45, 7) is 6.89. The van der Waals surface area contributed by atoms with Gasteiger partial charge in [-0.1, -0.05) is 12.8 Å². The first-order chi connectivity index (χ1) is 6.00. The zero-order valence-corrected chi connectivity index (χ0v) is 9.75. The van der Waals surface area contributed by atoms with Gasteiger partial charge in [0.1, 0.15) is 4.75 Å². The molecule has 0 aromatic heterocycles. The van der Waals surface area contributed by atoms with E-state index in [2.05, 4.69) is 4.72 Å². The molecule has 1 rings (SSSR count). The fourth-order valence-corrected chi connectivity index (χ4v) is 1.94. The van der Waals surface area contributed by atoms with Gasteiger partial charge in [0.25, 0.3) is 0 Å². The summed E-state index contributed by atoms with van der Waals surface area (Å²) in [4.78, 5) is 0. The summed E-state index contributed by atoms with van der Waals surface area (Å²) in [6, 6.07) is 0. The van der Waals surface area contributed by atoms with Crippen molar-refractivity contribution in [3.05, 3.63) is 0 Å². The number of rotatable bonds is 5. The van der Waals surface area contributed by atoms with Crippen LogP contribution in [0.2, 0.25) is 0 Å². The Morgan fingerprint density at radius 2 is 2.00 bits per heavy atom. The predicted molar refractivity (Wildman–Crippen MR) is 57.9 cm³/mol. The molecule has 1 N–H and O–H groups in total. The molecule has 3 heteroatoms. The fraction of sp³-hybridized carbons (Fsp3) is 1.00. The molecule has 2 nitrogen and oxygen atoms in total. The first-order valence-corrected chi connectivity index (χ1v) is 6.30. The van der Waals surface area contributed by atoms with Gasteiger partial charge in [0.15, 0.2) is 0 Å². The standard InChI is InChI=1S/C10H21NOS/c1-10(2,3)13(12)11-8-4-5-9-6-7-9/h9,11H,4-8H2,1-3H3/t13-/m1/s1. The summed E-state index contributed by atoms with van der Waals surface area (Å²) in [5.41, 5.74) is 0. The van der Waals surface area contributed by atoms with E-state index < -0.39 is 11.4 Å². The molecule has 13 heavy (non-hydrogen) atoms. The van der Waals surface area contributed by atoms with Crippen molar-refractivity contribution in [2.45, 2.75) is 51.2 Å². The minimum atomic E-state index is -0.882. The van der Waals surface area contributed by atoms with Gasteiger partial charge in [-0.15, -0.1) is 4.72 Å². The lowest BCUT2D eigenvalue weighted by Gasteiger charge is -2.23. The summed E-state index contributed by atoms with van der Waals surface area (Å²) in [5.74, 6) is 0.991. The van der Waals surface area contributed by atoms with E-state index in [1.54, 1.807) is 0 Å². The van der Waals surface area contributed by atoms with Crippen LogP contribution >= 0.6 is 0 Å². The lowest BCUT2D eigenvalue weighted by atomic mass is 10.2. The summed E-state index contributed by atoms with van der Waals surface area (Å²) >= 11 is -0.882.